The van der Waals surface area contributed by atoms with E-state index in [0.29, 0.717) is 18.1 Å². The highest BCUT2D eigenvalue weighted by molar-refractivity contribution is 5.37. The van der Waals surface area contributed by atoms with E-state index in [9.17, 15) is 4.79 Å². The Morgan fingerprint density at radius 3 is 3.11 bits per heavy atom. The molecule has 5 nitrogen and oxygen atoms in total. The second kappa shape index (κ2) is 5.11. The van der Waals surface area contributed by atoms with E-state index in [0.717, 1.165) is 25.2 Å². The third-order valence-electron chi connectivity index (χ3n) is 3.64. The molecule has 1 aliphatic rings. The van der Waals surface area contributed by atoms with Gasteiger partial charge in [-0.1, -0.05) is 6.07 Å². The predicted octanol–water partition coefficient (Wildman–Crippen LogP) is 0.509. The fourth-order valence-electron chi connectivity index (χ4n) is 2.62. The van der Waals surface area contributed by atoms with E-state index in [1.54, 1.807) is 16.7 Å². The highest BCUT2D eigenvalue weighted by atomic mass is 16.3. The second-order valence-corrected chi connectivity index (χ2v) is 5.09. The molecule has 0 aromatic carbocycles. The summed E-state index contributed by atoms with van der Waals surface area (Å²) in [7, 11) is 0. The molecule has 0 aliphatic carbocycles. The Morgan fingerprint density at radius 2 is 2.32 bits per heavy atom. The van der Waals surface area contributed by atoms with Gasteiger partial charge in [0, 0.05) is 32.0 Å². The van der Waals surface area contributed by atoms with Gasteiger partial charge in [-0.15, -0.1) is 0 Å². The molecule has 0 amide bonds. The Labute approximate surface area is 111 Å². The first-order valence-electron chi connectivity index (χ1n) is 6.57. The van der Waals surface area contributed by atoms with Crippen LogP contribution in [0.25, 0.3) is 5.65 Å². The molecule has 3 rings (SSSR count). The minimum atomic E-state index is -0.0431. The van der Waals surface area contributed by atoms with Gasteiger partial charge in [-0.2, -0.15) is 0 Å². The van der Waals surface area contributed by atoms with Crippen LogP contribution in [0.15, 0.2) is 35.3 Å². The number of hydrogen-bond donors (Lipinski definition) is 1. The average Bonchev–Trinajstić information content (AvgIpc) is 2.86. The number of rotatable bonds is 3. The summed E-state index contributed by atoms with van der Waals surface area (Å²) in [6.45, 7) is 2.76. The van der Waals surface area contributed by atoms with Gasteiger partial charge >= 0.3 is 0 Å². The van der Waals surface area contributed by atoms with Crippen molar-refractivity contribution >= 4 is 5.65 Å². The van der Waals surface area contributed by atoms with Crippen LogP contribution in [0.3, 0.4) is 0 Å². The molecule has 1 saturated heterocycles. The number of fused-ring (bicyclic) bond motifs is 1. The lowest BCUT2D eigenvalue weighted by molar-refractivity contribution is 0.219. The molecular formula is C14H17N3O2. The van der Waals surface area contributed by atoms with Crippen molar-refractivity contribution < 1.29 is 5.11 Å². The summed E-state index contributed by atoms with van der Waals surface area (Å²) in [6.07, 6.45) is 2.75. The third-order valence-corrected chi connectivity index (χ3v) is 3.64. The second-order valence-electron chi connectivity index (χ2n) is 5.09. The number of aliphatic hydroxyl groups is 1. The lowest BCUT2D eigenvalue weighted by Gasteiger charge is -2.15. The van der Waals surface area contributed by atoms with Crippen LogP contribution in [0, 0.1) is 5.92 Å². The third kappa shape index (κ3) is 2.52. The Morgan fingerprint density at radius 1 is 1.42 bits per heavy atom. The van der Waals surface area contributed by atoms with Crippen LogP contribution in [0.4, 0.5) is 0 Å². The van der Waals surface area contributed by atoms with Gasteiger partial charge in [0.15, 0.2) is 0 Å². The predicted molar refractivity (Wildman–Crippen MR) is 71.9 cm³/mol. The maximum absolute atomic E-state index is 12.0. The Bertz CT molecular complexity index is 638. The zero-order chi connectivity index (χ0) is 13.2. The maximum atomic E-state index is 12.0. The molecule has 0 radical (unpaired) electrons. The van der Waals surface area contributed by atoms with Crippen molar-refractivity contribution in [3.63, 3.8) is 0 Å². The Balaban J connectivity index is 1.84. The molecule has 2 aromatic rings. The first kappa shape index (κ1) is 12.3. The van der Waals surface area contributed by atoms with Crippen LogP contribution in [0.1, 0.15) is 12.1 Å². The van der Waals surface area contributed by atoms with E-state index in [1.807, 2.05) is 18.2 Å². The summed E-state index contributed by atoms with van der Waals surface area (Å²) in [5, 5.41) is 9.14. The molecule has 0 bridgehead atoms. The van der Waals surface area contributed by atoms with Crippen molar-refractivity contribution in [1.82, 2.24) is 14.3 Å². The maximum Gasteiger partial charge on any atom is 0.258 e. The van der Waals surface area contributed by atoms with Crippen molar-refractivity contribution in [2.24, 2.45) is 5.92 Å². The quantitative estimate of drug-likeness (QED) is 0.872. The molecule has 1 N–H and O–H groups in total. The number of nitrogens with zero attached hydrogens (tertiary/aromatic N) is 3. The van der Waals surface area contributed by atoms with E-state index < -0.39 is 0 Å². The van der Waals surface area contributed by atoms with E-state index in [2.05, 4.69) is 9.88 Å². The van der Waals surface area contributed by atoms with Gasteiger partial charge in [0.1, 0.15) is 5.65 Å². The number of aromatic nitrogens is 2. The summed E-state index contributed by atoms with van der Waals surface area (Å²) < 4.78 is 1.55. The van der Waals surface area contributed by atoms with Gasteiger partial charge in [-0.25, -0.2) is 4.98 Å². The van der Waals surface area contributed by atoms with Crippen LogP contribution in [-0.4, -0.2) is 39.1 Å². The monoisotopic (exact) mass is 259 g/mol. The van der Waals surface area contributed by atoms with Crippen LogP contribution in [-0.2, 0) is 6.54 Å². The molecule has 1 fully saturated rings. The van der Waals surface area contributed by atoms with Crippen LogP contribution in [0.5, 0.6) is 0 Å². The van der Waals surface area contributed by atoms with Gasteiger partial charge < -0.3 is 5.11 Å². The lowest BCUT2D eigenvalue weighted by atomic mass is 10.1. The summed E-state index contributed by atoms with van der Waals surface area (Å²) in [5.41, 5.74) is 1.44. The smallest absolute Gasteiger partial charge is 0.258 e. The SMILES string of the molecule is O=c1cc(CN2CC[C@H](CO)C2)nc2ccccn12. The molecule has 0 unspecified atom stereocenters. The Hall–Kier alpha value is -1.72. The first-order valence-corrected chi connectivity index (χ1v) is 6.57. The minimum Gasteiger partial charge on any atom is -0.396 e. The fourth-order valence-corrected chi connectivity index (χ4v) is 2.62. The van der Waals surface area contributed by atoms with Gasteiger partial charge in [0.05, 0.1) is 5.69 Å². The topological polar surface area (TPSA) is 57.8 Å². The van der Waals surface area contributed by atoms with Crippen molar-refractivity contribution in [3.05, 3.63) is 46.5 Å². The largest absolute Gasteiger partial charge is 0.396 e. The van der Waals surface area contributed by atoms with Gasteiger partial charge in [-0.05, 0) is 31.0 Å². The number of hydrogen-bond acceptors (Lipinski definition) is 4. The van der Waals surface area contributed by atoms with Crippen molar-refractivity contribution in [3.8, 4) is 0 Å². The fraction of sp³-hybridized carbons (Fsp3) is 0.429. The number of aliphatic hydroxyl groups excluding tert-OH is 1. The molecule has 1 atom stereocenters. The van der Waals surface area contributed by atoms with Gasteiger partial charge in [0.25, 0.3) is 5.56 Å². The highest BCUT2D eigenvalue weighted by Crippen LogP contribution is 2.17. The van der Waals surface area contributed by atoms with E-state index in [-0.39, 0.29) is 12.2 Å². The van der Waals surface area contributed by atoms with Gasteiger partial charge in [-0.3, -0.25) is 14.1 Å². The van der Waals surface area contributed by atoms with Crippen molar-refractivity contribution in [2.45, 2.75) is 13.0 Å². The normalized spacial score (nSPS) is 20.2. The van der Waals surface area contributed by atoms with E-state index in [1.165, 1.54) is 0 Å². The van der Waals surface area contributed by atoms with Crippen molar-refractivity contribution in [2.75, 3.05) is 19.7 Å². The molecule has 3 heterocycles. The summed E-state index contributed by atoms with van der Waals surface area (Å²) in [6, 6.07) is 7.13. The molecule has 0 spiro atoms. The Kier molecular flexibility index (Phi) is 3.31. The summed E-state index contributed by atoms with van der Waals surface area (Å²) >= 11 is 0. The molecule has 0 saturated carbocycles. The summed E-state index contributed by atoms with van der Waals surface area (Å²) in [4.78, 5) is 18.7. The van der Waals surface area contributed by atoms with E-state index in [4.69, 9.17) is 5.11 Å². The molecule has 5 heteroatoms. The summed E-state index contributed by atoms with van der Waals surface area (Å²) in [5.74, 6) is 0.363. The minimum absolute atomic E-state index is 0.0431. The molecule has 2 aromatic heterocycles. The molecule has 1 aliphatic heterocycles. The lowest BCUT2D eigenvalue weighted by Crippen LogP contribution is -2.24. The standard InChI is InChI=1S/C14H17N3O2/c18-10-11-4-6-16(8-11)9-12-7-14(19)17-5-2-1-3-13(17)15-12/h1-3,5,7,11,18H,4,6,8-10H2/t11-/m0/s1. The van der Waals surface area contributed by atoms with Crippen molar-refractivity contribution in [1.29, 1.82) is 0 Å². The van der Waals surface area contributed by atoms with Gasteiger partial charge in [0.2, 0.25) is 0 Å². The zero-order valence-electron chi connectivity index (χ0n) is 10.7. The van der Waals surface area contributed by atoms with E-state index >= 15 is 0 Å². The average molecular weight is 259 g/mol. The number of pyridine rings is 1. The van der Waals surface area contributed by atoms with Crippen LogP contribution < -0.4 is 5.56 Å². The molecule has 19 heavy (non-hydrogen) atoms. The highest BCUT2D eigenvalue weighted by Gasteiger charge is 2.22. The number of likely N-dealkylation sites (tertiary alicyclic amines) is 1. The zero-order valence-corrected chi connectivity index (χ0v) is 10.7. The van der Waals surface area contributed by atoms with Crippen LogP contribution in [0.2, 0.25) is 0 Å². The molecule has 100 valence electrons. The molecular weight excluding hydrogens is 242 g/mol. The first-order chi connectivity index (χ1) is 9.26. The van der Waals surface area contributed by atoms with Crippen LogP contribution >= 0.6 is 0 Å².